The lowest BCUT2D eigenvalue weighted by molar-refractivity contribution is -0.181. The normalized spacial score (nSPS) is 38.6. The van der Waals surface area contributed by atoms with Gasteiger partial charge >= 0.3 is 0 Å². The minimum absolute atomic E-state index is 0.000963. The molecule has 0 saturated carbocycles. The number of para-hydroxylation sites is 1. The van der Waals surface area contributed by atoms with Gasteiger partial charge in [-0.1, -0.05) is 24.3 Å². The second-order valence-electron chi connectivity index (χ2n) is 14.3. The first-order valence-corrected chi connectivity index (χ1v) is 16.7. The topological polar surface area (TPSA) is 81.7 Å². The van der Waals surface area contributed by atoms with Crippen LogP contribution in [0.2, 0.25) is 0 Å². The minimum Gasteiger partial charge on any atom is -0.506 e. The zero-order valence-electron chi connectivity index (χ0n) is 25.0. The largest absolute Gasteiger partial charge is 0.506 e. The van der Waals surface area contributed by atoms with Crippen molar-refractivity contribution in [2.24, 2.45) is 11.3 Å². The van der Waals surface area contributed by atoms with E-state index in [0.29, 0.717) is 24.5 Å². The molecule has 6 atom stereocenters. The number of nitrogens with one attached hydrogen (secondary N) is 1. The van der Waals surface area contributed by atoms with Gasteiger partial charge in [0.25, 0.3) is 0 Å². The van der Waals surface area contributed by atoms with Gasteiger partial charge in [-0.25, -0.2) is 0 Å². The Morgan fingerprint density at radius 2 is 1.88 bits per heavy atom. The van der Waals surface area contributed by atoms with Gasteiger partial charge < -0.3 is 19.7 Å². The zero-order chi connectivity index (χ0) is 28.8. The predicted molar refractivity (Wildman–Crippen MR) is 168 cm³/mol. The molecular formula is C36H42N4O3. The number of aromatic hydroxyl groups is 1. The van der Waals surface area contributed by atoms with Crippen LogP contribution in [0.15, 0.2) is 48.7 Å². The molecule has 3 aromatic rings. The van der Waals surface area contributed by atoms with Crippen LogP contribution < -0.4 is 0 Å². The molecular weight excluding hydrogens is 536 g/mol. The molecule has 5 bridgehead atoms. The number of hydrogen-bond donors (Lipinski definition) is 2. The molecule has 2 N–H and O–H groups in total. The fraction of sp³-hybridized carbons (Fsp3) is 0.556. The third-order valence-electron chi connectivity index (χ3n) is 11.9. The molecule has 9 rings (SSSR count). The van der Waals surface area contributed by atoms with Crippen molar-refractivity contribution < 1.29 is 14.6 Å². The van der Waals surface area contributed by atoms with Gasteiger partial charge in [0.1, 0.15) is 22.9 Å². The Labute approximate surface area is 253 Å². The Kier molecular flexibility index (Phi) is 5.83. The first-order valence-electron chi connectivity index (χ1n) is 16.7. The molecule has 4 saturated heterocycles. The Morgan fingerprint density at radius 1 is 1.00 bits per heavy atom. The van der Waals surface area contributed by atoms with Crippen molar-refractivity contribution in [3.63, 3.8) is 0 Å². The molecule has 1 aromatic carbocycles. The maximum Gasteiger partial charge on any atom is 0.139 e. The van der Waals surface area contributed by atoms with E-state index >= 15 is 0 Å². The zero-order valence-corrected chi connectivity index (χ0v) is 25.0. The van der Waals surface area contributed by atoms with Gasteiger partial charge in [0, 0.05) is 48.3 Å². The molecule has 5 aliphatic heterocycles. The molecule has 224 valence electrons. The highest BCUT2D eigenvalue weighted by Gasteiger charge is 2.77. The number of fused-ring (bicyclic) bond motifs is 4. The SMILES string of the molecule is O=C1CCCCN2[C@H]3[C@]45CN6CCCC/C=C\CC[C@]3(C=C(c3nccc7c3[nH]c3c(O)cccc37)[C@H]4CC6)O[C@]2(C1)C5. The van der Waals surface area contributed by atoms with E-state index in [4.69, 9.17) is 9.72 Å². The van der Waals surface area contributed by atoms with Crippen molar-refractivity contribution in [3.8, 4) is 5.75 Å². The number of phenolic OH excluding ortho intramolecular Hbond substituents is 1. The second-order valence-corrected chi connectivity index (χ2v) is 14.3. The Hall–Kier alpha value is -3.00. The number of allylic oxidation sites excluding steroid dienone is 3. The Bertz CT molecular complexity index is 1690. The monoisotopic (exact) mass is 578 g/mol. The summed E-state index contributed by atoms with van der Waals surface area (Å²) in [5, 5.41) is 12.9. The maximum atomic E-state index is 13.3. The lowest BCUT2D eigenvalue weighted by atomic mass is 9.53. The first-order chi connectivity index (χ1) is 21.0. The highest BCUT2D eigenvalue weighted by molar-refractivity contribution is 6.11. The van der Waals surface area contributed by atoms with Crippen LogP contribution in [0.25, 0.3) is 27.4 Å². The van der Waals surface area contributed by atoms with E-state index in [2.05, 4.69) is 45.1 Å². The summed E-state index contributed by atoms with van der Waals surface area (Å²) in [6, 6.07) is 8.08. The number of pyridine rings is 1. The van der Waals surface area contributed by atoms with Crippen LogP contribution >= 0.6 is 0 Å². The second kappa shape index (κ2) is 9.50. The lowest BCUT2D eigenvalue weighted by Crippen LogP contribution is -2.65. The summed E-state index contributed by atoms with van der Waals surface area (Å²) in [6.07, 6.45) is 20.0. The molecule has 1 unspecified atom stereocenters. The number of rotatable bonds is 1. The first kappa shape index (κ1) is 26.4. The summed E-state index contributed by atoms with van der Waals surface area (Å²) in [6.45, 7) is 4.31. The van der Waals surface area contributed by atoms with Gasteiger partial charge in [-0.15, -0.1) is 0 Å². The van der Waals surface area contributed by atoms with E-state index in [1.165, 1.54) is 18.4 Å². The summed E-state index contributed by atoms with van der Waals surface area (Å²) in [4.78, 5) is 27.5. The van der Waals surface area contributed by atoms with Crippen LogP contribution in [0.4, 0.5) is 0 Å². The van der Waals surface area contributed by atoms with Gasteiger partial charge in [-0.3, -0.25) is 14.7 Å². The van der Waals surface area contributed by atoms with Gasteiger partial charge in [-0.05, 0) is 101 Å². The van der Waals surface area contributed by atoms with Crippen molar-refractivity contribution in [2.45, 2.75) is 88.0 Å². The molecule has 0 radical (unpaired) electrons. The molecule has 6 aliphatic rings. The third-order valence-corrected chi connectivity index (χ3v) is 11.9. The van der Waals surface area contributed by atoms with Gasteiger partial charge in [-0.2, -0.15) is 0 Å². The number of ketones is 1. The molecule has 7 heterocycles. The van der Waals surface area contributed by atoms with E-state index in [1.807, 2.05) is 12.3 Å². The summed E-state index contributed by atoms with van der Waals surface area (Å²) >= 11 is 0. The van der Waals surface area contributed by atoms with Crippen LogP contribution in [0.5, 0.6) is 5.75 Å². The molecule has 1 aliphatic carbocycles. The maximum absolute atomic E-state index is 13.3. The van der Waals surface area contributed by atoms with Crippen molar-refractivity contribution in [1.29, 1.82) is 0 Å². The lowest BCUT2D eigenvalue weighted by Gasteiger charge is -2.59. The van der Waals surface area contributed by atoms with Gasteiger partial charge in [0.05, 0.1) is 22.8 Å². The number of aromatic nitrogens is 2. The van der Waals surface area contributed by atoms with Crippen LogP contribution in [0.1, 0.15) is 76.3 Å². The number of phenols is 1. The number of nitrogens with zero attached hydrogens (tertiary/aromatic N) is 3. The van der Waals surface area contributed by atoms with Crippen LogP contribution in [-0.2, 0) is 9.53 Å². The summed E-state index contributed by atoms with van der Waals surface area (Å²) in [7, 11) is 0. The number of carbonyl (C=O) groups excluding carboxylic acids is 1. The van der Waals surface area contributed by atoms with Crippen molar-refractivity contribution in [2.75, 3.05) is 26.2 Å². The van der Waals surface area contributed by atoms with Crippen LogP contribution in [-0.4, -0.2) is 74.2 Å². The number of ether oxygens (including phenoxy) is 1. The van der Waals surface area contributed by atoms with Crippen molar-refractivity contribution in [1.82, 2.24) is 19.8 Å². The number of Topliss-reactive ketones (excluding diaryl/α,β-unsaturated/α-hetero) is 1. The Morgan fingerprint density at radius 3 is 2.84 bits per heavy atom. The van der Waals surface area contributed by atoms with E-state index in [1.54, 1.807) is 6.07 Å². The quantitative estimate of drug-likeness (QED) is 0.329. The molecule has 4 fully saturated rings. The van der Waals surface area contributed by atoms with E-state index in [-0.39, 0.29) is 17.2 Å². The van der Waals surface area contributed by atoms with Gasteiger partial charge in [0.2, 0.25) is 0 Å². The average Bonchev–Trinajstić information content (AvgIpc) is 3.57. The fourth-order valence-electron chi connectivity index (χ4n) is 10.5. The minimum atomic E-state index is -0.498. The molecule has 7 heteroatoms. The Balaban J connectivity index is 1.28. The molecule has 2 aromatic heterocycles. The summed E-state index contributed by atoms with van der Waals surface area (Å²) < 4.78 is 7.47. The highest BCUT2D eigenvalue weighted by atomic mass is 16.6. The van der Waals surface area contributed by atoms with E-state index < -0.39 is 11.3 Å². The number of carbonyl (C=O) groups is 1. The number of hydrogen-bond acceptors (Lipinski definition) is 6. The highest BCUT2D eigenvalue weighted by Crippen LogP contribution is 2.70. The molecule has 7 nitrogen and oxygen atoms in total. The van der Waals surface area contributed by atoms with Crippen LogP contribution in [0, 0.1) is 11.3 Å². The summed E-state index contributed by atoms with van der Waals surface area (Å²) in [5.74, 6) is 0.974. The predicted octanol–water partition coefficient (Wildman–Crippen LogP) is 6.33. The molecule has 43 heavy (non-hydrogen) atoms. The third kappa shape index (κ3) is 3.71. The number of aromatic amines is 1. The number of H-pyrrole nitrogens is 1. The van der Waals surface area contributed by atoms with E-state index in [9.17, 15) is 9.90 Å². The standard InChI is InChI=1S/C36H42N4O3/c41-24-10-5-8-18-40-33-34-22-36(40,20-24)43-35(33)15-6-3-1-2-4-7-17-39(23-34)19-14-28(34)27(21-35)31-32-26(13-16-37-31)25-11-9-12-29(42)30(25)38-32/h1,3,9,11-13,16,21,28,33,38,42H,2,4-8,10,14-15,17-20,22-23H2/b3-1-/t28-,33+,34-,35-,36-/m1/s1. The average molecular weight is 579 g/mol. The van der Waals surface area contributed by atoms with Crippen molar-refractivity contribution in [3.05, 3.63) is 54.4 Å². The molecule has 1 spiro atoms. The molecule has 0 amide bonds. The summed E-state index contributed by atoms with van der Waals surface area (Å²) in [5.41, 5.74) is 3.12. The fourth-order valence-corrected chi connectivity index (χ4v) is 10.5. The van der Waals surface area contributed by atoms with Crippen molar-refractivity contribution >= 4 is 33.2 Å². The van der Waals surface area contributed by atoms with Gasteiger partial charge in [0.15, 0.2) is 0 Å². The smallest absolute Gasteiger partial charge is 0.139 e. The van der Waals surface area contributed by atoms with Crippen LogP contribution in [0.3, 0.4) is 0 Å². The number of piperidine rings is 1. The van der Waals surface area contributed by atoms with E-state index in [0.717, 1.165) is 98.6 Å². The number of benzene rings is 1.